The summed E-state index contributed by atoms with van der Waals surface area (Å²) in [6, 6.07) is 0. The van der Waals surface area contributed by atoms with Gasteiger partial charge in [-0.1, -0.05) is 13.0 Å². The molecule has 0 aromatic heterocycles. The third kappa shape index (κ3) is 1.38. The van der Waals surface area contributed by atoms with E-state index in [1.54, 1.807) is 0 Å². The molecule has 0 aliphatic carbocycles. The molecule has 1 atom stereocenters. The van der Waals surface area contributed by atoms with Crippen molar-refractivity contribution in [2.24, 2.45) is 0 Å². The van der Waals surface area contributed by atoms with E-state index in [1.807, 2.05) is 19.9 Å². The zero-order valence-corrected chi connectivity index (χ0v) is 6.39. The molecule has 0 amide bonds. The molecule has 56 valence electrons. The zero-order chi connectivity index (χ0) is 7.56. The number of carbonyl (C=O) groups excluding carboxylic acids is 1. The van der Waals surface area contributed by atoms with E-state index >= 15 is 0 Å². The molecule has 0 bridgehead atoms. The highest BCUT2D eigenvalue weighted by molar-refractivity contribution is 5.90. The maximum Gasteiger partial charge on any atom is 0.334 e. The second kappa shape index (κ2) is 2.86. The van der Waals surface area contributed by atoms with E-state index in [4.69, 9.17) is 4.74 Å². The van der Waals surface area contributed by atoms with Crippen LogP contribution in [-0.4, -0.2) is 12.1 Å². The summed E-state index contributed by atoms with van der Waals surface area (Å²) >= 11 is 0. The van der Waals surface area contributed by atoms with Crippen molar-refractivity contribution in [3.8, 4) is 0 Å². The molecule has 2 heteroatoms. The van der Waals surface area contributed by atoms with Gasteiger partial charge in [0, 0.05) is 12.0 Å². The van der Waals surface area contributed by atoms with E-state index in [2.05, 4.69) is 0 Å². The highest BCUT2D eigenvalue weighted by Gasteiger charge is 2.24. The monoisotopic (exact) mass is 140 g/mol. The Labute approximate surface area is 60.9 Å². The predicted molar refractivity (Wildman–Crippen MR) is 38.5 cm³/mol. The number of esters is 1. The van der Waals surface area contributed by atoms with Crippen LogP contribution in [0.25, 0.3) is 0 Å². The normalized spacial score (nSPS) is 29.2. The molecule has 1 aliphatic heterocycles. The van der Waals surface area contributed by atoms with Gasteiger partial charge in [-0.05, 0) is 13.3 Å². The maximum absolute atomic E-state index is 10.9. The lowest BCUT2D eigenvalue weighted by molar-refractivity contribution is -0.138. The Hall–Kier alpha value is -0.790. The molecule has 2 nitrogen and oxygen atoms in total. The van der Waals surface area contributed by atoms with Crippen LogP contribution in [-0.2, 0) is 9.53 Å². The van der Waals surface area contributed by atoms with Crippen molar-refractivity contribution in [3.63, 3.8) is 0 Å². The third-order valence-corrected chi connectivity index (χ3v) is 1.53. The van der Waals surface area contributed by atoms with Gasteiger partial charge < -0.3 is 4.74 Å². The number of allylic oxidation sites excluding steroid dienone is 1. The summed E-state index contributed by atoms with van der Waals surface area (Å²) in [4.78, 5) is 10.9. The molecule has 1 heterocycles. The van der Waals surface area contributed by atoms with Crippen LogP contribution in [0.15, 0.2) is 11.6 Å². The summed E-state index contributed by atoms with van der Waals surface area (Å²) in [5.74, 6) is -0.130. The highest BCUT2D eigenvalue weighted by atomic mass is 16.5. The Kier molecular flexibility index (Phi) is 2.10. The van der Waals surface area contributed by atoms with Crippen molar-refractivity contribution < 1.29 is 9.53 Å². The van der Waals surface area contributed by atoms with Crippen LogP contribution in [0.1, 0.15) is 26.7 Å². The van der Waals surface area contributed by atoms with Gasteiger partial charge in [0.2, 0.25) is 0 Å². The minimum Gasteiger partial charge on any atom is -0.459 e. The average molecular weight is 140 g/mol. The molecular weight excluding hydrogens is 128 g/mol. The largest absolute Gasteiger partial charge is 0.459 e. The number of ether oxygens (including phenoxy) is 1. The fourth-order valence-corrected chi connectivity index (χ4v) is 1.11. The molecule has 0 aromatic carbocycles. The van der Waals surface area contributed by atoms with Gasteiger partial charge in [-0.3, -0.25) is 0 Å². The summed E-state index contributed by atoms with van der Waals surface area (Å²) < 4.78 is 4.92. The van der Waals surface area contributed by atoms with E-state index in [0.29, 0.717) is 0 Å². The highest BCUT2D eigenvalue weighted by Crippen LogP contribution is 2.19. The van der Waals surface area contributed by atoms with Crippen LogP contribution in [0.3, 0.4) is 0 Å². The topological polar surface area (TPSA) is 26.3 Å². The number of carbonyl (C=O) groups is 1. The van der Waals surface area contributed by atoms with Gasteiger partial charge in [0.05, 0.1) is 0 Å². The van der Waals surface area contributed by atoms with Crippen molar-refractivity contribution in [3.05, 3.63) is 11.6 Å². The van der Waals surface area contributed by atoms with Gasteiger partial charge in [-0.2, -0.15) is 0 Å². The number of hydrogen-bond donors (Lipinski definition) is 0. The number of rotatable bonds is 1. The van der Waals surface area contributed by atoms with E-state index < -0.39 is 0 Å². The SMILES string of the molecule is CC/C=C1/CC(C)OC1=O. The Morgan fingerprint density at radius 1 is 1.80 bits per heavy atom. The van der Waals surface area contributed by atoms with Crippen molar-refractivity contribution in [1.29, 1.82) is 0 Å². The minimum absolute atomic E-state index is 0.0882. The molecule has 1 aliphatic rings. The van der Waals surface area contributed by atoms with Crippen molar-refractivity contribution >= 4 is 5.97 Å². The van der Waals surface area contributed by atoms with Crippen LogP contribution < -0.4 is 0 Å². The summed E-state index contributed by atoms with van der Waals surface area (Å²) in [7, 11) is 0. The summed E-state index contributed by atoms with van der Waals surface area (Å²) in [5.41, 5.74) is 0.843. The lowest BCUT2D eigenvalue weighted by Crippen LogP contribution is -1.99. The lowest BCUT2D eigenvalue weighted by Gasteiger charge is -1.94. The number of hydrogen-bond acceptors (Lipinski definition) is 2. The first-order valence-corrected chi connectivity index (χ1v) is 3.64. The van der Waals surface area contributed by atoms with Crippen LogP contribution in [0.5, 0.6) is 0 Å². The van der Waals surface area contributed by atoms with Crippen LogP contribution in [0.4, 0.5) is 0 Å². The van der Waals surface area contributed by atoms with Gasteiger partial charge in [0.1, 0.15) is 6.10 Å². The molecule has 0 radical (unpaired) electrons. The fraction of sp³-hybridized carbons (Fsp3) is 0.625. The van der Waals surface area contributed by atoms with Gasteiger partial charge in [-0.15, -0.1) is 0 Å². The van der Waals surface area contributed by atoms with E-state index in [0.717, 1.165) is 18.4 Å². The summed E-state index contributed by atoms with van der Waals surface area (Å²) in [6.07, 6.45) is 3.72. The molecule has 1 fully saturated rings. The van der Waals surface area contributed by atoms with Crippen molar-refractivity contribution in [2.75, 3.05) is 0 Å². The first-order chi connectivity index (χ1) is 4.74. The average Bonchev–Trinajstić information content (AvgIpc) is 2.13. The van der Waals surface area contributed by atoms with E-state index in [1.165, 1.54) is 0 Å². The predicted octanol–water partition coefficient (Wildman–Crippen LogP) is 1.66. The van der Waals surface area contributed by atoms with Crippen LogP contribution in [0, 0.1) is 0 Å². The molecule has 0 saturated carbocycles. The molecular formula is C8H12O2. The molecule has 0 aromatic rings. The van der Waals surface area contributed by atoms with Gasteiger partial charge in [0.25, 0.3) is 0 Å². The molecule has 10 heavy (non-hydrogen) atoms. The zero-order valence-electron chi connectivity index (χ0n) is 6.39. The molecule has 1 unspecified atom stereocenters. The smallest absolute Gasteiger partial charge is 0.334 e. The second-order valence-corrected chi connectivity index (χ2v) is 2.56. The maximum atomic E-state index is 10.9. The van der Waals surface area contributed by atoms with Gasteiger partial charge in [-0.25, -0.2) is 4.79 Å². The number of cyclic esters (lactones) is 1. The van der Waals surface area contributed by atoms with Crippen molar-refractivity contribution in [1.82, 2.24) is 0 Å². The Balaban J connectivity index is 2.63. The Bertz CT molecular complexity index is 170. The lowest BCUT2D eigenvalue weighted by atomic mass is 10.1. The summed E-state index contributed by atoms with van der Waals surface area (Å²) in [5, 5.41) is 0. The molecule has 1 rings (SSSR count). The van der Waals surface area contributed by atoms with Crippen LogP contribution in [0.2, 0.25) is 0 Å². The second-order valence-electron chi connectivity index (χ2n) is 2.56. The molecule has 0 N–H and O–H groups in total. The van der Waals surface area contributed by atoms with Gasteiger partial charge in [0.15, 0.2) is 0 Å². The van der Waals surface area contributed by atoms with Crippen molar-refractivity contribution in [2.45, 2.75) is 32.8 Å². The Morgan fingerprint density at radius 3 is 2.90 bits per heavy atom. The standard InChI is InChI=1S/C8H12O2/c1-3-4-7-5-6(2)10-8(7)9/h4,6H,3,5H2,1-2H3/b7-4-. The van der Waals surface area contributed by atoms with E-state index in [9.17, 15) is 4.79 Å². The fourth-order valence-electron chi connectivity index (χ4n) is 1.11. The van der Waals surface area contributed by atoms with E-state index in [-0.39, 0.29) is 12.1 Å². The Morgan fingerprint density at radius 2 is 2.50 bits per heavy atom. The minimum atomic E-state index is -0.130. The molecule has 1 saturated heterocycles. The summed E-state index contributed by atoms with van der Waals surface area (Å²) in [6.45, 7) is 3.93. The third-order valence-electron chi connectivity index (χ3n) is 1.53. The first kappa shape index (κ1) is 7.32. The quantitative estimate of drug-likeness (QED) is 0.409. The van der Waals surface area contributed by atoms with Crippen LogP contribution >= 0.6 is 0 Å². The first-order valence-electron chi connectivity index (χ1n) is 3.64. The molecule has 0 spiro atoms. The van der Waals surface area contributed by atoms with Gasteiger partial charge >= 0.3 is 5.97 Å².